The molecule has 2 heteroatoms. The average molecular weight is 272 g/mol. The molecule has 1 saturated heterocycles. The summed E-state index contributed by atoms with van der Waals surface area (Å²) >= 11 is 0. The third-order valence-electron chi connectivity index (χ3n) is 5.60. The van der Waals surface area contributed by atoms with E-state index >= 15 is 0 Å². The van der Waals surface area contributed by atoms with Crippen LogP contribution in [0.25, 0.3) is 0 Å². The van der Waals surface area contributed by atoms with Crippen molar-refractivity contribution in [2.45, 2.75) is 58.4 Å². The van der Waals surface area contributed by atoms with Crippen LogP contribution >= 0.6 is 0 Å². The molecule has 1 aliphatic heterocycles. The SMILES string of the molecule is Cc1cccc(CN)c1N1CCC2(CCCCC2)CC1. The maximum Gasteiger partial charge on any atom is 0.0441 e. The molecule has 2 aliphatic rings. The number of piperidine rings is 1. The van der Waals surface area contributed by atoms with Gasteiger partial charge in [0.1, 0.15) is 0 Å². The third-order valence-corrected chi connectivity index (χ3v) is 5.60. The summed E-state index contributed by atoms with van der Waals surface area (Å²) in [5, 5.41) is 0. The predicted molar refractivity (Wildman–Crippen MR) is 86.0 cm³/mol. The van der Waals surface area contributed by atoms with E-state index in [0.717, 1.165) is 0 Å². The van der Waals surface area contributed by atoms with Crippen LogP contribution in [0.3, 0.4) is 0 Å². The van der Waals surface area contributed by atoms with Crippen LogP contribution in [-0.2, 0) is 6.54 Å². The van der Waals surface area contributed by atoms with Gasteiger partial charge in [-0.15, -0.1) is 0 Å². The number of benzene rings is 1. The number of aryl methyl sites for hydroxylation is 1. The van der Waals surface area contributed by atoms with Crippen molar-refractivity contribution in [3.63, 3.8) is 0 Å². The lowest BCUT2D eigenvalue weighted by Gasteiger charge is -2.45. The summed E-state index contributed by atoms with van der Waals surface area (Å²) in [6, 6.07) is 6.54. The highest BCUT2D eigenvalue weighted by Gasteiger charge is 2.35. The van der Waals surface area contributed by atoms with E-state index < -0.39 is 0 Å². The van der Waals surface area contributed by atoms with E-state index in [1.165, 1.54) is 74.8 Å². The Morgan fingerprint density at radius 1 is 1.05 bits per heavy atom. The van der Waals surface area contributed by atoms with Gasteiger partial charge in [-0.05, 0) is 49.1 Å². The van der Waals surface area contributed by atoms with Gasteiger partial charge >= 0.3 is 0 Å². The number of rotatable bonds is 2. The molecule has 0 aromatic heterocycles. The number of hydrogen-bond donors (Lipinski definition) is 1. The molecule has 0 amide bonds. The topological polar surface area (TPSA) is 29.3 Å². The third kappa shape index (κ3) is 2.58. The standard InChI is InChI=1S/C18H28N2/c1-15-6-5-7-16(14-19)17(15)20-12-10-18(11-13-20)8-3-2-4-9-18/h5-7H,2-4,8-14,19H2,1H3. The zero-order valence-corrected chi connectivity index (χ0v) is 12.8. The summed E-state index contributed by atoms with van der Waals surface area (Å²) < 4.78 is 0. The first-order valence-corrected chi connectivity index (χ1v) is 8.28. The van der Waals surface area contributed by atoms with E-state index in [0.29, 0.717) is 12.0 Å². The van der Waals surface area contributed by atoms with Gasteiger partial charge < -0.3 is 10.6 Å². The van der Waals surface area contributed by atoms with Crippen LogP contribution in [-0.4, -0.2) is 13.1 Å². The van der Waals surface area contributed by atoms with E-state index in [2.05, 4.69) is 30.0 Å². The summed E-state index contributed by atoms with van der Waals surface area (Å²) in [6.45, 7) is 5.31. The van der Waals surface area contributed by atoms with E-state index in [9.17, 15) is 0 Å². The molecule has 0 radical (unpaired) electrons. The molecule has 3 rings (SSSR count). The quantitative estimate of drug-likeness (QED) is 0.881. The molecule has 20 heavy (non-hydrogen) atoms. The molecule has 1 aliphatic carbocycles. The zero-order valence-electron chi connectivity index (χ0n) is 12.8. The molecular weight excluding hydrogens is 244 g/mol. The van der Waals surface area contributed by atoms with Gasteiger partial charge in [-0.25, -0.2) is 0 Å². The van der Waals surface area contributed by atoms with E-state index in [1.54, 1.807) is 0 Å². The highest BCUT2D eigenvalue weighted by Crippen LogP contribution is 2.45. The van der Waals surface area contributed by atoms with Crippen molar-refractivity contribution >= 4 is 5.69 Å². The van der Waals surface area contributed by atoms with Gasteiger partial charge in [0.05, 0.1) is 0 Å². The van der Waals surface area contributed by atoms with Gasteiger partial charge in [0.15, 0.2) is 0 Å². The Bertz CT molecular complexity index is 450. The molecule has 0 unspecified atom stereocenters. The lowest BCUT2D eigenvalue weighted by Crippen LogP contribution is -2.41. The normalized spacial score (nSPS) is 22.2. The molecule has 1 saturated carbocycles. The lowest BCUT2D eigenvalue weighted by molar-refractivity contribution is 0.144. The van der Waals surface area contributed by atoms with Crippen molar-refractivity contribution in [2.75, 3.05) is 18.0 Å². The minimum absolute atomic E-state index is 0.651. The molecule has 0 atom stereocenters. The largest absolute Gasteiger partial charge is 0.371 e. The fourth-order valence-corrected chi connectivity index (χ4v) is 4.34. The molecule has 110 valence electrons. The monoisotopic (exact) mass is 272 g/mol. The number of nitrogens with two attached hydrogens (primary N) is 1. The Morgan fingerprint density at radius 3 is 2.40 bits per heavy atom. The first kappa shape index (κ1) is 13.9. The van der Waals surface area contributed by atoms with Crippen molar-refractivity contribution < 1.29 is 0 Å². The van der Waals surface area contributed by atoms with Crippen molar-refractivity contribution in [3.8, 4) is 0 Å². The zero-order chi connectivity index (χ0) is 14.0. The Morgan fingerprint density at radius 2 is 1.75 bits per heavy atom. The van der Waals surface area contributed by atoms with Crippen molar-refractivity contribution in [1.29, 1.82) is 0 Å². The second kappa shape index (κ2) is 5.77. The Kier molecular flexibility index (Phi) is 4.02. The predicted octanol–water partition coefficient (Wildman–Crippen LogP) is 4.00. The Balaban J connectivity index is 1.75. The number of hydrogen-bond acceptors (Lipinski definition) is 2. The van der Waals surface area contributed by atoms with Crippen LogP contribution in [0.5, 0.6) is 0 Å². The molecule has 0 bridgehead atoms. The van der Waals surface area contributed by atoms with Gasteiger partial charge in [-0.1, -0.05) is 37.5 Å². The summed E-state index contributed by atoms with van der Waals surface area (Å²) in [5.74, 6) is 0. The van der Waals surface area contributed by atoms with Gasteiger partial charge in [-0.3, -0.25) is 0 Å². The molecule has 1 spiro atoms. The summed E-state index contributed by atoms with van der Waals surface area (Å²) in [4.78, 5) is 2.59. The smallest absolute Gasteiger partial charge is 0.0441 e. The highest BCUT2D eigenvalue weighted by molar-refractivity contribution is 5.59. The van der Waals surface area contributed by atoms with Crippen LogP contribution in [0.2, 0.25) is 0 Å². The van der Waals surface area contributed by atoms with Crippen LogP contribution in [0.4, 0.5) is 5.69 Å². The second-order valence-corrected chi connectivity index (χ2v) is 6.83. The minimum Gasteiger partial charge on any atom is -0.371 e. The number of para-hydroxylation sites is 1. The van der Waals surface area contributed by atoms with Gasteiger partial charge in [0, 0.05) is 25.3 Å². The number of anilines is 1. The number of nitrogens with zero attached hydrogens (tertiary/aromatic N) is 1. The van der Waals surface area contributed by atoms with Crippen LogP contribution < -0.4 is 10.6 Å². The van der Waals surface area contributed by atoms with E-state index in [-0.39, 0.29) is 0 Å². The highest BCUT2D eigenvalue weighted by atomic mass is 15.1. The first-order chi connectivity index (χ1) is 9.74. The van der Waals surface area contributed by atoms with Gasteiger partial charge in [0.2, 0.25) is 0 Å². The van der Waals surface area contributed by atoms with Crippen LogP contribution in [0.15, 0.2) is 18.2 Å². The Labute approximate surface area is 123 Å². The molecule has 1 aromatic rings. The summed E-state index contributed by atoms with van der Waals surface area (Å²) in [5.41, 5.74) is 10.7. The molecule has 1 heterocycles. The lowest BCUT2D eigenvalue weighted by atomic mass is 9.68. The van der Waals surface area contributed by atoms with Crippen LogP contribution in [0.1, 0.15) is 56.1 Å². The van der Waals surface area contributed by atoms with E-state index in [1.807, 2.05) is 0 Å². The Hall–Kier alpha value is -1.02. The first-order valence-electron chi connectivity index (χ1n) is 8.28. The van der Waals surface area contributed by atoms with Gasteiger partial charge in [-0.2, -0.15) is 0 Å². The molecule has 2 N–H and O–H groups in total. The molecule has 2 fully saturated rings. The maximum absolute atomic E-state index is 5.94. The van der Waals surface area contributed by atoms with Gasteiger partial charge in [0.25, 0.3) is 0 Å². The molecular formula is C18H28N2. The summed E-state index contributed by atoms with van der Waals surface area (Å²) in [7, 11) is 0. The minimum atomic E-state index is 0.651. The van der Waals surface area contributed by atoms with Crippen molar-refractivity contribution in [3.05, 3.63) is 29.3 Å². The van der Waals surface area contributed by atoms with Crippen molar-refractivity contribution in [1.82, 2.24) is 0 Å². The maximum atomic E-state index is 5.94. The second-order valence-electron chi connectivity index (χ2n) is 6.83. The summed E-state index contributed by atoms with van der Waals surface area (Å²) in [6.07, 6.45) is 10.1. The van der Waals surface area contributed by atoms with Crippen molar-refractivity contribution in [2.24, 2.45) is 11.1 Å². The fraction of sp³-hybridized carbons (Fsp3) is 0.667. The molecule has 1 aromatic carbocycles. The average Bonchev–Trinajstić information content (AvgIpc) is 2.49. The molecule has 2 nitrogen and oxygen atoms in total. The fourth-order valence-electron chi connectivity index (χ4n) is 4.34. The van der Waals surface area contributed by atoms with E-state index in [4.69, 9.17) is 5.73 Å². The van der Waals surface area contributed by atoms with Crippen LogP contribution in [0, 0.1) is 12.3 Å².